The van der Waals surface area contributed by atoms with Gasteiger partial charge in [-0.25, -0.2) is 0 Å². The Balaban J connectivity index is 2.16. The summed E-state index contributed by atoms with van der Waals surface area (Å²) in [4.78, 5) is 0. The minimum atomic E-state index is -0.328. The highest BCUT2D eigenvalue weighted by Gasteiger charge is 2.45. The first kappa shape index (κ1) is 12.3. The van der Waals surface area contributed by atoms with Crippen LogP contribution in [0.25, 0.3) is 0 Å². The molecule has 0 spiro atoms. The number of nitrogens with one attached hydrogen (secondary N) is 1. The monoisotopic (exact) mass is 227 g/mol. The molecule has 2 saturated heterocycles. The van der Waals surface area contributed by atoms with Gasteiger partial charge in [0.1, 0.15) is 0 Å². The van der Waals surface area contributed by atoms with Crippen LogP contribution in [0.5, 0.6) is 0 Å². The van der Waals surface area contributed by atoms with Crippen LogP contribution in [-0.2, 0) is 4.74 Å². The van der Waals surface area contributed by atoms with Crippen LogP contribution in [0.4, 0.5) is 0 Å². The van der Waals surface area contributed by atoms with E-state index in [9.17, 15) is 5.11 Å². The van der Waals surface area contributed by atoms with Gasteiger partial charge in [0, 0.05) is 18.0 Å². The molecular formula is C13H25NO2. The molecule has 94 valence electrons. The fourth-order valence-corrected chi connectivity index (χ4v) is 3.33. The van der Waals surface area contributed by atoms with Gasteiger partial charge in [0.05, 0.1) is 18.8 Å². The Kier molecular flexibility index (Phi) is 3.57. The Morgan fingerprint density at radius 1 is 1.19 bits per heavy atom. The highest BCUT2D eigenvalue weighted by atomic mass is 16.5. The normalized spacial score (nSPS) is 44.1. The summed E-state index contributed by atoms with van der Waals surface area (Å²) in [6, 6.07) is 0.708. The van der Waals surface area contributed by atoms with Crippen molar-refractivity contribution in [2.24, 2.45) is 17.8 Å². The molecule has 2 unspecified atom stereocenters. The zero-order valence-electron chi connectivity index (χ0n) is 10.8. The predicted molar refractivity (Wildman–Crippen MR) is 64.2 cm³/mol. The second-order valence-electron chi connectivity index (χ2n) is 6.04. The Morgan fingerprint density at radius 2 is 1.88 bits per heavy atom. The lowest BCUT2D eigenvalue weighted by atomic mass is 9.72. The number of rotatable bonds is 2. The number of hydrogen-bond donors (Lipinski definition) is 2. The molecule has 2 rings (SSSR count). The van der Waals surface area contributed by atoms with Gasteiger partial charge in [0.2, 0.25) is 0 Å². The van der Waals surface area contributed by atoms with Gasteiger partial charge in [-0.2, -0.15) is 0 Å². The zero-order chi connectivity index (χ0) is 11.9. The Bertz CT molecular complexity index is 242. The SMILES string of the molecule is CC(C)C1N[C@H]2C[C@H](OC[C@H]2O)C1C(C)C. The minimum absolute atomic E-state index is 0.237. The van der Waals surface area contributed by atoms with Crippen LogP contribution in [0.3, 0.4) is 0 Å². The second-order valence-corrected chi connectivity index (χ2v) is 6.04. The summed E-state index contributed by atoms with van der Waals surface area (Å²) in [6.45, 7) is 9.55. The van der Waals surface area contributed by atoms with E-state index in [-0.39, 0.29) is 12.1 Å². The molecule has 2 bridgehead atoms. The first-order valence-corrected chi connectivity index (χ1v) is 6.56. The smallest absolute Gasteiger partial charge is 0.0927 e. The molecule has 2 aliphatic heterocycles. The molecule has 0 saturated carbocycles. The summed E-state index contributed by atoms with van der Waals surface area (Å²) in [7, 11) is 0. The fourth-order valence-electron chi connectivity index (χ4n) is 3.33. The van der Waals surface area contributed by atoms with E-state index in [1.165, 1.54) is 0 Å². The van der Waals surface area contributed by atoms with Crippen LogP contribution < -0.4 is 5.32 Å². The number of aliphatic hydroxyl groups is 1. The molecule has 0 aromatic rings. The van der Waals surface area contributed by atoms with Crippen molar-refractivity contribution in [3.63, 3.8) is 0 Å². The second kappa shape index (κ2) is 4.63. The van der Waals surface area contributed by atoms with E-state index >= 15 is 0 Å². The van der Waals surface area contributed by atoms with E-state index in [1.807, 2.05) is 0 Å². The standard InChI is InChI=1S/C13H25NO2/c1-7(2)12-11-5-9(10(15)6-16-11)14-13(12)8(3)4/h7-15H,5-6H2,1-4H3/t9-,10+,11-,12?,13?/m0/s1. The van der Waals surface area contributed by atoms with Crippen molar-refractivity contribution in [1.29, 1.82) is 0 Å². The lowest BCUT2D eigenvalue weighted by Gasteiger charge is -2.50. The van der Waals surface area contributed by atoms with Crippen LogP contribution in [0.15, 0.2) is 0 Å². The van der Waals surface area contributed by atoms with Crippen molar-refractivity contribution >= 4 is 0 Å². The summed E-state index contributed by atoms with van der Waals surface area (Å²) < 4.78 is 5.83. The third-order valence-corrected chi connectivity index (χ3v) is 4.17. The third-order valence-electron chi connectivity index (χ3n) is 4.17. The molecule has 2 aliphatic rings. The lowest BCUT2D eigenvalue weighted by molar-refractivity contribution is -0.139. The molecule has 0 radical (unpaired) electrons. The maximum Gasteiger partial charge on any atom is 0.0927 e. The molecule has 16 heavy (non-hydrogen) atoms. The van der Waals surface area contributed by atoms with Crippen molar-refractivity contribution in [2.45, 2.75) is 58.4 Å². The molecular weight excluding hydrogens is 202 g/mol. The Hall–Kier alpha value is -0.120. The Labute approximate surface area is 98.6 Å². The van der Waals surface area contributed by atoms with E-state index < -0.39 is 0 Å². The molecule has 0 aliphatic carbocycles. The average Bonchev–Trinajstić information content (AvgIpc) is 2.22. The van der Waals surface area contributed by atoms with Crippen LogP contribution >= 0.6 is 0 Å². The summed E-state index contributed by atoms with van der Waals surface area (Å²) >= 11 is 0. The quantitative estimate of drug-likeness (QED) is 0.749. The lowest BCUT2D eigenvalue weighted by Crippen LogP contribution is -2.64. The number of hydrogen-bond acceptors (Lipinski definition) is 3. The topological polar surface area (TPSA) is 41.5 Å². The molecule has 3 nitrogen and oxygen atoms in total. The first-order valence-electron chi connectivity index (χ1n) is 6.56. The van der Waals surface area contributed by atoms with Crippen molar-refractivity contribution in [3.05, 3.63) is 0 Å². The summed E-state index contributed by atoms with van der Waals surface area (Å²) in [5.41, 5.74) is 0. The van der Waals surface area contributed by atoms with Gasteiger partial charge in [-0.1, -0.05) is 27.7 Å². The number of aliphatic hydroxyl groups excluding tert-OH is 1. The number of fused-ring (bicyclic) bond motifs is 2. The van der Waals surface area contributed by atoms with Crippen LogP contribution in [0, 0.1) is 17.8 Å². The first-order chi connectivity index (χ1) is 7.50. The van der Waals surface area contributed by atoms with Gasteiger partial charge in [-0.05, 0) is 18.3 Å². The fraction of sp³-hybridized carbons (Fsp3) is 1.00. The van der Waals surface area contributed by atoms with Gasteiger partial charge in [0.15, 0.2) is 0 Å². The molecule has 0 amide bonds. The largest absolute Gasteiger partial charge is 0.389 e. The number of ether oxygens (including phenoxy) is 1. The Morgan fingerprint density at radius 3 is 2.44 bits per heavy atom. The van der Waals surface area contributed by atoms with E-state index in [0.29, 0.717) is 36.5 Å². The average molecular weight is 227 g/mol. The van der Waals surface area contributed by atoms with Crippen molar-refractivity contribution in [2.75, 3.05) is 6.61 Å². The maximum absolute atomic E-state index is 9.86. The molecule has 2 fully saturated rings. The van der Waals surface area contributed by atoms with E-state index in [2.05, 4.69) is 33.0 Å². The third kappa shape index (κ3) is 2.13. The molecule has 2 heterocycles. The van der Waals surface area contributed by atoms with E-state index in [0.717, 1.165) is 6.42 Å². The summed E-state index contributed by atoms with van der Waals surface area (Å²) in [5, 5.41) is 13.5. The van der Waals surface area contributed by atoms with Crippen LogP contribution in [0.1, 0.15) is 34.1 Å². The van der Waals surface area contributed by atoms with Crippen LogP contribution in [0.2, 0.25) is 0 Å². The zero-order valence-corrected chi connectivity index (χ0v) is 10.8. The van der Waals surface area contributed by atoms with Crippen LogP contribution in [-0.4, -0.2) is 36.0 Å². The van der Waals surface area contributed by atoms with Crippen molar-refractivity contribution < 1.29 is 9.84 Å². The molecule has 5 atom stereocenters. The predicted octanol–water partition coefficient (Wildman–Crippen LogP) is 1.40. The highest BCUT2D eigenvalue weighted by Crippen LogP contribution is 2.36. The minimum Gasteiger partial charge on any atom is -0.389 e. The van der Waals surface area contributed by atoms with Crippen molar-refractivity contribution in [1.82, 2.24) is 5.32 Å². The molecule has 3 heteroatoms. The van der Waals surface area contributed by atoms with E-state index in [4.69, 9.17) is 4.74 Å². The molecule has 0 aromatic heterocycles. The number of piperidine rings is 1. The van der Waals surface area contributed by atoms with Gasteiger partial charge >= 0.3 is 0 Å². The van der Waals surface area contributed by atoms with Gasteiger partial charge in [0.25, 0.3) is 0 Å². The van der Waals surface area contributed by atoms with Gasteiger partial charge in [-0.15, -0.1) is 0 Å². The van der Waals surface area contributed by atoms with Gasteiger partial charge < -0.3 is 15.2 Å². The van der Waals surface area contributed by atoms with E-state index in [1.54, 1.807) is 0 Å². The highest BCUT2D eigenvalue weighted by molar-refractivity contribution is 4.99. The summed E-state index contributed by atoms with van der Waals surface area (Å²) in [6.07, 6.45) is 0.973. The molecule has 0 aromatic carbocycles. The van der Waals surface area contributed by atoms with Crippen molar-refractivity contribution in [3.8, 4) is 0 Å². The maximum atomic E-state index is 9.86. The van der Waals surface area contributed by atoms with Gasteiger partial charge in [-0.3, -0.25) is 0 Å². The summed E-state index contributed by atoms with van der Waals surface area (Å²) in [5.74, 6) is 1.79. The molecule has 2 N–H and O–H groups in total.